The molecule has 0 aliphatic rings. The maximum atomic E-state index is 13.1. The molecular weight excluding hydrogens is 251 g/mol. The molecule has 0 amide bonds. The van der Waals surface area contributed by atoms with E-state index in [1.54, 1.807) is 0 Å². The number of unbranched alkanes of at least 4 members (excludes halogenated alkanes) is 5. The highest BCUT2D eigenvalue weighted by Crippen LogP contribution is 2.17. The summed E-state index contributed by atoms with van der Waals surface area (Å²) >= 11 is 5.72. The van der Waals surface area contributed by atoms with Gasteiger partial charge in [-0.3, -0.25) is 4.79 Å². The van der Waals surface area contributed by atoms with Gasteiger partial charge in [-0.25, -0.2) is 4.39 Å². The maximum Gasteiger partial charge on any atom is 0.163 e. The number of rotatable bonds is 8. The van der Waals surface area contributed by atoms with Crippen molar-refractivity contribution >= 4 is 17.4 Å². The predicted molar refractivity (Wildman–Crippen MR) is 73.7 cm³/mol. The second-order valence-corrected chi connectivity index (χ2v) is 5.04. The first-order chi connectivity index (χ1) is 8.63. The molecule has 1 rings (SSSR count). The van der Waals surface area contributed by atoms with E-state index < -0.39 is 5.82 Å². The third-order valence-corrected chi connectivity index (χ3v) is 3.16. The normalized spacial score (nSPS) is 10.6. The molecule has 0 aliphatic heterocycles. The van der Waals surface area contributed by atoms with Gasteiger partial charge in [-0.05, 0) is 24.6 Å². The van der Waals surface area contributed by atoms with E-state index in [4.69, 9.17) is 11.6 Å². The lowest BCUT2D eigenvalue weighted by Gasteiger charge is -2.03. The van der Waals surface area contributed by atoms with Crippen LogP contribution in [0.15, 0.2) is 18.2 Å². The van der Waals surface area contributed by atoms with Gasteiger partial charge in [0.15, 0.2) is 5.78 Å². The van der Waals surface area contributed by atoms with Gasteiger partial charge in [0, 0.05) is 17.0 Å². The third kappa shape index (κ3) is 5.63. The van der Waals surface area contributed by atoms with Gasteiger partial charge in [0.25, 0.3) is 0 Å². The first-order valence-electron chi connectivity index (χ1n) is 6.62. The summed E-state index contributed by atoms with van der Waals surface area (Å²) in [7, 11) is 0. The first-order valence-corrected chi connectivity index (χ1v) is 7.00. The molecule has 0 saturated carbocycles. The summed E-state index contributed by atoms with van der Waals surface area (Å²) in [6.45, 7) is 2.18. The molecule has 1 aromatic carbocycles. The Morgan fingerprint density at radius 1 is 1.11 bits per heavy atom. The zero-order valence-corrected chi connectivity index (χ0v) is 11.6. The fourth-order valence-electron chi connectivity index (χ4n) is 1.93. The number of ketones is 1. The maximum absolute atomic E-state index is 13.1. The van der Waals surface area contributed by atoms with Gasteiger partial charge >= 0.3 is 0 Å². The van der Waals surface area contributed by atoms with Crippen LogP contribution in [0.1, 0.15) is 62.2 Å². The molecule has 0 bridgehead atoms. The summed E-state index contributed by atoms with van der Waals surface area (Å²) in [6, 6.07) is 4.00. The topological polar surface area (TPSA) is 17.1 Å². The molecule has 0 heterocycles. The standard InChI is InChI=1S/C15H20ClFO/c1-2-3-4-5-6-7-8-15(18)12-9-13(16)11-14(17)10-12/h9-11H,2-8H2,1H3. The largest absolute Gasteiger partial charge is 0.294 e. The summed E-state index contributed by atoms with van der Waals surface area (Å²) < 4.78 is 13.1. The zero-order chi connectivity index (χ0) is 13.4. The van der Waals surface area contributed by atoms with Crippen molar-refractivity contribution in [2.24, 2.45) is 0 Å². The fraction of sp³-hybridized carbons (Fsp3) is 0.533. The van der Waals surface area contributed by atoms with Gasteiger partial charge in [0.1, 0.15) is 5.82 Å². The van der Waals surface area contributed by atoms with Crippen LogP contribution >= 0.6 is 11.6 Å². The number of hydrogen-bond donors (Lipinski definition) is 0. The molecule has 1 nitrogen and oxygen atoms in total. The molecule has 1 aromatic rings. The van der Waals surface area contributed by atoms with Crippen LogP contribution in [0.2, 0.25) is 5.02 Å². The molecule has 0 fully saturated rings. The number of halogens is 2. The van der Waals surface area contributed by atoms with Gasteiger partial charge in [0.2, 0.25) is 0 Å². The van der Waals surface area contributed by atoms with Crippen molar-refractivity contribution < 1.29 is 9.18 Å². The van der Waals surface area contributed by atoms with Crippen LogP contribution in [0.4, 0.5) is 4.39 Å². The average Bonchev–Trinajstić information content (AvgIpc) is 2.32. The Hall–Kier alpha value is -0.890. The molecule has 0 unspecified atom stereocenters. The molecular formula is C15H20ClFO. The van der Waals surface area contributed by atoms with E-state index in [1.807, 2.05) is 0 Å². The van der Waals surface area contributed by atoms with Crippen molar-refractivity contribution in [2.75, 3.05) is 0 Å². The van der Waals surface area contributed by atoms with E-state index in [2.05, 4.69) is 6.92 Å². The van der Waals surface area contributed by atoms with Crippen molar-refractivity contribution in [3.05, 3.63) is 34.6 Å². The lowest BCUT2D eigenvalue weighted by molar-refractivity contribution is 0.0978. The molecule has 0 aliphatic carbocycles. The second kappa shape index (κ2) is 8.25. The number of hydrogen-bond acceptors (Lipinski definition) is 1. The Labute approximate surface area is 113 Å². The van der Waals surface area contributed by atoms with Gasteiger partial charge in [-0.2, -0.15) is 0 Å². The van der Waals surface area contributed by atoms with Crippen molar-refractivity contribution in [2.45, 2.75) is 51.9 Å². The molecule has 3 heteroatoms. The molecule has 0 N–H and O–H groups in total. The minimum Gasteiger partial charge on any atom is -0.294 e. The van der Waals surface area contributed by atoms with Crippen LogP contribution in [-0.4, -0.2) is 5.78 Å². The molecule has 0 radical (unpaired) electrons. The number of carbonyl (C=O) groups is 1. The Balaban J connectivity index is 2.32. The minimum atomic E-state index is -0.450. The Morgan fingerprint density at radius 3 is 2.44 bits per heavy atom. The molecule has 0 spiro atoms. The highest BCUT2D eigenvalue weighted by molar-refractivity contribution is 6.31. The molecule has 0 aromatic heterocycles. The van der Waals surface area contributed by atoms with Gasteiger partial charge in [-0.15, -0.1) is 0 Å². The van der Waals surface area contributed by atoms with Crippen LogP contribution in [0.5, 0.6) is 0 Å². The highest BCUT2D eigenvalue weighted by Gasteiger charge is 2.08. The molecule has 0 atom stereocenters. The van der Waals surface area contributed by atoms with Crippen molar-refractivity contribution in [1.82, 2.24) is 0 Å². The minimum absolute atomic E-state index is 0.0214. The lowest BCUT2D eigenvalue weighted by atomic mass is 10.0. The number of benzene rings is 1. The average molecular weight is 271 g/mol. The Kier molecular flexibility index (Phi) is 6.96. The van der Waals surface area contributed by atoms with E-state index >= 15 is 0 Å². The van der Waals surface area contributed by atoms with Crippen LogP contribution < -0.4 is 0 Å². The van der Waals surface area contributed by atoms with Crippen molar-refractivity contribution in [3.8, 4) is 0 Å². The van der Waals surface area contributed by atoms with E-state index in [1.165, 1.54) is 43.9 Å². The summed E-state index contributed by atoms with van der Waals surface area (Å²) in [5, 5.41) is 0.279. The monoisotopic (exact) mass is 270 g/mol. The van der Waals surface area contributed by atoms with Gasteiger partial charge < -0.3 is 0 Å². The Morgan fingerprint density at radius 2 is 1.78 bits per heavy atom. The fourth-order valence-corrected chi connectivity index (χ4v) is 2.15. The number of carbonyl (C=O) groups excluding carboxylic acids is 1. The highest BCUT2D eigenvalue weighted by atomic mass is 35.5. The summed E-state index contributed by atoms with van der Waals surface area (Å²) in [5.74, 6) is -0.472. The van der Waals surface area contributed by atoms with Gasteiger partial charge in [-0.1, -0.05) is 50.6 Å². The summed E-state index contributed by atoms with van der Waals surface area (Å²) in [5.41, 5.74) is 0.383. The van der Waals surface area contributed by atoms with E-state index in [9.17, 15) is 9.18 Å². The summed E-state index contributed by atoms with van der Waals surface area (Å²) in [4.78, 5) is 11.8. The quantitative estimate of drug-likeness (QED) is 0.456. The molecule has 0 saturated heterocycles. The van der Waals surface area contributed by atoms with E-state index in [-0.39, 0.29) is 10.8 Å². The molecule has 100 valence electrons. The second-order valence-electron chi connectivity index (χ2n) is 4.60. The summed E-state index contributed by atoms with van der Waals surface area (Å²) in [6.07, 6.45) is 7.30. The number of Topliss-reactive ketones (excluding diaryl/α,β-unsaturated/α-hetero) is 1. The van der Waals surface area contributed by atoms with Crippen LogP contribution in [0, 0.1) is 5.82 Å². The van der Waals surface area contributed by atoms with Crippen LogP contribution in [0.3, 0.4) is 0 Å². The third-order valence-electron chi connectivity index (χ3n) is 2.94. The van der Waals surface area contributed by atoms with Crippen molar-refractivity contribution in [3.63, 3.8) is 0 Å². The first kappa shape index (κ1) is 15.2. The van der Waals surface area contributed by atoms with Gasteiger partial charge in [0.05, 0.1) is 0 Å². The van der Waals surface area contributed by atoms with Crippen LogP contribution in [0.25, 0.3) is 0 Å². The smallest absolute Gasteiger partial charge is 0.163 e. The predicted octanol–water partition coefficient (Wildman–Crippen LogP) is 5.41. The van der Waals surface area contributed by atoms with E-state index in [0.717, 1.165) is 12.8 Å². The van der Waals surface area contributed by atoms with Crippen molar-refractivity contribution in [1.29, 1.82) is 0 Å². The van der Waals surface area contributed by atoms with E-state index in [0.29, 0.717) is 12.0 Å². The van der Waals surface area contributed by atoms with Crippen LogP contribution in [-0.2, 0) is 0 Å². The molecule has 18 heavy (non-hydrogen) atoms. The Bertz CT molecular complexity index is 370. The lowest BCUT2D eigenvalue weighted by Crippen LogP contribution is -1.99. The zero-order valence-electron chi connectivity index (χ0n) is 10.8. The SMILES string of the molecule is CCCCCCCCC(=O)c1cc(F)cc(Cl)c1.